The van der Waals surface area contributed by atoms with Crippen molar-refractivity contribution >= 4 is 5.78 Å². The quantitative estimate of drug-likeness (QED) is 0.566. The van der Waals surface area contributed by atoms with Gasteiger partial charge in [0.25, 0.3) is 0 Å². The SMILES string of the molecule is O=C1C(CO)=CC2COCC12. The highest BCUT2D eigenvalue weighted by Gasteiger charge is 2.39. The van der Waals surface area contributed by atoms with E-state index in [1.807, 2.05) is 6.08 Å². The zero-order valence-corrected chi connectivity index (χ0v) is 6.12. The van der Waals surface area contributed by atoms with Crippen molar-refractivity contribution in [3.05, 3.63) is 11.6 Å². The van der Waals surface area contributed by atoms with Gasteiger partial charge in [0, 0.05) is 11.5 Å². The molecule has 0 aromatic carbocycles. The minimum atomic E-state index is -0.119. The second-order valence-electron chi connectivity index (χ2n) is 3.02. The maximum absolute atomic E-state index is 11.3. The molecule has 0 radical (unpaired) electrons. The third-order valence-corrected chi connectivity index (χ3v) is 2.36. The van der Waals surface area contributed by atoms with Gasteiger partial charge in [-0.05, 0) is 0 Å². The van der Waals surface area contributed by atoms with Crippen molar-refractivity contribution in [2.45, 2.75) is 0 Å². The molecule has 60 valence electrons. The second kappa shape index (κ2) is 2.43. The Labute approximate surface area is 64.7 Å². The molecule has 0 spiro atoms. The smallest absolute Gasteiger partial charge is 0.166 e. The molecule has 1 N–H and O–H groups in total. The molecule has 2 aliphatic rings. The molecular weight excluding hydrogens is 144 g/mol. The monoisotopic (exact) mass is 154 g/mol. The van der Waals surface area contributed by atoms with Gasteiger partial charge in [-0.3, -0.25) is 4.79 Å². The highest BCUT2D eigenvalue weighted by Crippen LogP contribution is 2.32. The number of ether oxygens (including phenoxy) is 1. The molecule has 2 unspecified atom stereocenters. The van der Waals surface area contributed by atoms with E-state index in [1.54, 1.807) is 0 Å². The first-order chi connectivity index (χ1) is 5.33. The Morgan fingerprint density at radius 3 is 3.09 bits per heavy atom. The number of rotatable bonds is 1. The highest BCUT2D eigenvalue weighted by atomic mass is 16.5. The van der Waals surface area contributed by atoms with E-state index in [-0.39, 0.29) is 24.2 Å². The Balaban J connectivity index is 2.22. The Kier molecular flexibility index (Phi) is 1.55. The molecule has 0 amide bonds. The van der Waals surface area contributed by atoms with Gasteiger partial charge in [-0.15, -0.1) is 0 Å². The lowest BCUT2D eigenvalue weighted by Crippen LogP contribution is -2.16. The number of aliphatic hydroxyl groups is 1. The minimum absolute atomic E-state index is 0.0112. The normalized spacial score (nSPS) is 35.7. The van der Waals surface area contributed by atoms with Crippen LogP contribution in [0, 0.1) is 11.8 Å². The molecule has 0 bridgehead atoms. The number of ketones is 1. The summed E-state index contributed by atoms with van der Waals surface area (Å²) in [5.74, 6) is 0.330. The Morgan fingerprint density at radius 2 is 2.45 bits per heavy atom. The standard InChI is InChI=1S/C8H10O3/c9-2-5-1-6-3-11-4-7(6)8(5)10/h1,6-7,9H,2-4H2. The second-order valence-corrected chi connectivity index (χ2v) is 3.02. The number of hydrogen-bond acceptors (Lipinski definition) is 3. The molecular formula is C8H10O3. The van der Waals surface area contributed by atoms with Crippen LogP contribution in [0.5, 0.6) is 0 Å². The van der Waals surface area contributed by atoms with Crippen molar-refractivity contribution in [1.82, 2.24) is 0 Å². The molecule has 2 rings (SSSR count). The van der Waals surface area contributed by atoms with E-state index in [1.165, 1.54) is 0 Å². The van der Waals surface area contributed by atoms with Gasteiger partial charge in [-0.1, -0.05) is 6.08 Å². The maximum Gasteiger partial charge on any atom is 0.166 e. The Bertz CT molecular complexity index is 219. The predicted octanol–water partition coefficient (Wildman–Crippen LogP) is -0.250. The van der Waals surface area contributed by atoms with Gasteiger partial charge < -0.3 is 9.84 Å². The van der Waals surface area contributed by atoms with Crippen LogP contribution in [0.4, 0.5) is 0 Å². The first-order valence-electron chi connectivity index (χ1n) is 3.76. The maximum atomic E-state index is 11.3. The fraction of sp³-hybridized carbons (Fsp3) is 0.625. The number of aliphatic hydroxyl groups excluding tert-OH is 1. The van der Waals surface area contributed by atoms with Gasteiger partial charge in [0.2, 0.25) is 0 Å². The molecule has 1 aliphatic carbocycles. The van der Waals surface area contributed by atoms with Gasteiger partial charge in [-0.25, -0.2) is 0 Å². The van der Waals surface area contributed by atoms with Crippen LogP contribution in [0.2, 0.25) is 0 Å². The molecule has 2 atom stereocenters. The third-order valence-electron chi connectivity index (χ3n) is 2.36. The van der Waals surface area contributed by atoms with E-state index in [0.29, 0.717) is 18.8 Å². The predicted molar refractivity (Wildman–Crippen MR) is 38.0 cm³/mol. The lowest BCUT2D eigenvalue weighted by atomic mass is 9.99. The topological polar surface area (TPSA) is 46.5 Å². The van der Waals surface area contributed by atoms with Crippen LogP contribution in [-0.2, 0) is 9.53 Å². The van der Waals surface area contributed by atoms with Crippen molar-refractivity contribution in [1.29, 1.82) is 0 Å². The van der Waals surface area contributed by atoms with Gasteiger partial charge in [0.05, 0.1) is 25.7 Å². The molecule has 1 aliphatic heterocycles. The van der Waals surface area contributed by atoms with Crippen molar-refractivity contribution < 1.29 is 14.6 Å². The van der Waals surface area contributed by atoms with Gasteiger partial charge in [0.15, 0.2) is 5.78 Å². The number of hydrogen-bond donors (Lipinski definition) is 1. The summed E-state index contributed by atoms with van der Waals surface area (Å²) in [6.45, 7) is 1.05. The summed E-state index contributed by atoms with van der Waals surface area (Å²) in [7, 11) is 0. The number of Topliss-reactive ketones (excluding diaryl/α,β-unsaturated/α-hetero) is 1. The van der Waals surface area contributed by atoms with Crippen LogP contribution in [0.15, 0.2) is 11.6 Å². The van der Waals surface area contributed by atoms with Gasteiger partial charge in [-0.2, -0.15) is 0 Å². The van der Waals surface area contributed by atoms with E-state index >= 15 is 0 Å². The zero-order valence-electron chi connectivity index (χ0n) is 6.12. The lowest BCUT2D eigenvalue weighted by molar-refractivity contribution is -0.119. The molecule has 0 aromatic rings. The van der Waals surface area contributed by atoms with Crippen LogP contribution in [0.3, 0.4) is 0 Å². The van der Waals surface area contributed by atoms with Gasteiger partial charge >= 0.3 is 0 Å². The van der Waals surface area contributed by atoms with E-state index in [0.717, 1.165) is 0 Å². The average Bonchev–Trinajstić information content (AvgIpc) is 2.53. The Morgan fingerprint density at radius 1 is 1.64 bits per heavy atom. The number of carbonyl (C=O) groups is 1. The third kappa shape index (κ3) is 0.921. The first-order valence-corrected chi connectivity index (χ1v) is 3.76. The summed E-state index contributed by atoms with van der Waals surface area (Å²) in [5, 5.41) is 8.76. The molecule has 3 heteroatoms. The molecule has 3 nitrogen and oxygen atoms in total. The molecule has 1 heterocycles. The number of carbonyl (C=O) groups excluding carboxylic acids is 1. The fourth-order valence-corrected chi connectivity index (χ4v) is 1.71. The molecule has 1 fully saturated rings. The van der Waals surface area contributed by atoms with Gasteiger partial charge in [0.1, 0.15) is 0 Å². The van der Waals surface area contributed by atoms with Crippen LogP contribution >= 0.6 is 0 Å². The van der Waals surface area contributed by atoms with Crippen molar-refractivity contribution in [2.75, 3.05) is 19.8 Å². The van der Waals surface area contributed by atoms with E-state index in [2.05, 4.69) is 0 Å². The average molecular weight is 154 g/mol. The highest BCUT2D eigenvalue weighted by molar-refractivity contribution is 6.00. The first kappa shape index (κ1) is 7.00. The summed E-state index contributed by atoms with van der Waals surface area (Å²) in [6, 6.07) is 0. The summed E-state index contributed by atoms with van der Waals surface area (Å²) < 4.78 is 5.13. The van der Waals surface area contributed by atoms with Crippen LogP contribution in [0.25, 0.3) is 0 Å². The summed E-state index contributed by atoms with van der Waals surface area (Å²) in [4.78, 5) is 11.3. The Hall–Kier alpha value is -0.670. The van der Waals surface area contributed by atoms with Crippen LogP contribution in [0.1, 0.15) is 0 Å². The largest absolute Gasteiger partial charge is 0.392 e. The minimum Gasteiger partial charge on any atom is -0.392 e. The molecule has 0 aromatic heterocycles. The summed E-state index contributed by atoms with van der Waals surface area (Å²) in [6.07, 6.45) is 1.85. The fourth-order valence-electron chi connectivity index (χ4n) is 1.71. The number of fused-ring (bicyclic) bond motifs is 1. The molecule has 1 saturated heterocycles. The van der Waals surface area contributed by atoms with Crippen LogP contribution in [-0.4, -0.2) is 30.7 Å². The van der Waals surface area contributed by atoms with E-state index in [9.17, 15) is 4.79 Å². The summed E-state index contributed by atoms with van der Waals surface area (Å²) in [5.41, 5.74) is 0.573. The lowest BCUT2D eigenvalue weighted by Gasteiger charge is -2.01. The summed E-state index contributed by atoms with van der Waals surface area (Å²) >= 11 is 0. The van der Waals surface area contributed by atoms with Crippen molar-refractivity contribution in [3.63, 3.8) is 0 Å². The van der Waals surface area contributed by atoms with Crippen LogP contribution < -0.4 is 0 Å². The van der Waals surface area contributed by atoms with E-state index in [4.69, 9.17) is 9.84 Å². The van der Waals surface area contributed by atoms with Crippen molar-refractivity contribution in [2.24, 2.45) is 11.8 Å². The molecule has 11 heavy (non-hydrogen) atoms. The molecule has 0 saturated carbocycles. The van der Waals surface area contributed by atoms with E-state index < -0.39 is 0 Å². The zero-order chi connectivity index (χ0) is 7.84. The van der Waals surface area contributed by atoms with Crippen molar-refractivity contribution in [3.8, 4) is 0 Å².